The zero-order chi connectivity index (χ0) is 12.2. The van der Waals surface area contributed by atoms with E-state index < -0.39 is 0 Å². The van der Waals surface area contributed by atoms with Gasteiger partial charge in [-0.25, -0.2) is 0 Å². The van der Waals surface area contributed by atoms with Crippen LogP contribution in [0.25, 0.3) is 0 Å². The van der Waals surface area contributed by atoms with Crippen molar-refractivity contribution in [2.45, 2.75) is 45.8 Å². The third kappa shape index (κ3) is 4.19. The van der Waals surface area contributed by atoms with Crippen LogP contribution in [0.5, 0.6) is 0 Å². The van der Waals surface area contributed by atoms with Crippen LogP contribution in [0.3, 0.4) is 0 Å². The van der Waals surface area contributed by atoms with Crippen LogP contribution in [0.15, 0.2) is 18.3 Å². The number of nitrogens with zero attached hydrogens (tertiary/aromatic N) is 1. The van der Waals surface area contributed by atoms with Crippen molar-refractivity contribution in [2.75, 3.05) is 12.4 Å². The molecule has 0 saturated heterocycles. The maximum absolute atomic E-state index is 5.41. The van der Waals surface area contributed by atoms with Crippen LogP contribution in [-0.2, 0) is 4.74 Å². The second kappa shape index (κ2) is 5.30. The summed E-state index contributed by atoms with van der Waals surface area (Å²) in [4.78, 5) is 4.26. The van der Waals surface area contributed by atoms with E-state index in [1.807, 2.05) is 19.2 Å². The number of aryl methyl sites for hydroxylation is 1. The van der Waals surface area contributed by atoms with Crippen LogP contribution >= 0.6 is 0 Å². The average molecular weight is 222 g/mol. The van der Waals surface area contributed by atoms with Crippen LogP contribution < -0.4 is 5.32 Å². The highest BCUT2D eigenvalue weighted by Gasteiger charge is 2.19. The summed E-state index contributed by atoms with van der Waals surface area (Å²) >= 11 is 0. The molecule has 1 heterocycles. The largest absolute Gasteiger partial charge is 0.381 e. The fraction of sp³-hybridized carbons (Fsp3) is 0.615. The number of rotatable bonds is 5. The number of pyridine rings is 1. The van der Waals surface area contributed by atoms with E-state index in [2.05, 4.69) is 37.1 Å². The van der Waals surface area contributed by atoms with E-state index in [1.165, 1.54) is 0 Å². The second-order valence-electron chi connectivity index (χ2n) is 4.90. The molecule has 3 heteroatoms. The molecular weight excluding hydrogens is 200 g/mol. The Morgan fingerprint density at radius 1 is 1.44 bits per heavy atom. The first kappa shape index (κ1) is 13.0. The normalized spacial score (nSPS) is 13.6. The van der Waals surface area contributed by atoms with Gasteiger partial charge in [0.1, 0.15) is 0 Å². The summed E-state index contributed by atoms with van der Waals surface area (Å²) in [5.41, 5.74) is 2.00. The van der Waals surface area contributed by atoms with Crippen molar-refractivity contribution < 1.29 is 4.74 Å². The van der Waals surface area contributed by atoms with Crippen LogP contribution in [-0.4, -0.2) is 23.7 Å². The summed E-state index contributed by atoms with van der Waals surface area (Å²) in [7, 11) is 1.75. The van der Waals surface area contributed by atoms with Crippen molar-refractivity contribution in [3.63, 3.8) is 0 Å². The Hall–Kier alpha value is -1.09. The summed E-state index contributed by atoms with van der Waals surface area (Å²) < 4.78 is 5.41. The molecule has 0 fully saturated rings. The van der Waals surface area contributed by atoms with Gasteiger partial charge in [0.15, 0.2) is 0 Å². The van der Waals surface area contributed by atoms with Gasteiger partial charge in [0, 0.05) is 18.8 Å². The van der Waals surface area contributed by atoms with Crippen molar-refractivity contribution in [2.24, 2.45) is 0 Å². The Morgan fingerprint density at radius 3 is 2.62 bits per heavy atom. The van der Waals surface area contributed by atoms with Gasteiger partial charge in [-0.05, 0) is 46.2 Å². The van der Waals surface area contributed by atoms with Crippen LogP contribution in [0.1, 0.15) is 32.9 Å². The third-order valence-corrected chi connectivity index (χ3v) is 2.67. The van der Waals surface area contributed by atoms with E-state index in [1.54, 1.807) is 7.11 Å². The summed E-state index contributed by atoms with van der Waals surface area (Å²) in [5.74, 6) is 0. The predicted molar refractivity (Wildman–Crippen MR) is 67.8 cm³/mol. The van der Waals surface area contributed by atoms with Crippen molar-refractivity contribution in [1.82, 2.24) is 4.98 Å². The van der Waals surface area contributed by atoms with Crippen molar-refractivity contribution >= 4 is 5.69 Å². The van der Waals surface area contributed by atoms with E-state index in [-0.39, 0.29) is 5.60 Å². The fourth-order valence-corrected chi connectivity index (χ4v) is 1.71. The number of aromatic nitrogens is 1. The summed E-state index contributed by atoms with van der Waals surface area (Å²) in [6.07, 6.45) is 2.82. The van der Waals surface area contributed by atoms with E-state index in [0.29, 0.717) is 6.04 Å². The van der Waals surface area contributed by atoms with Gasteiger partial charge >= 0.3 is 0 Å². The molecule has 0 saturated carbocycles. The summed E-state index contributed by atoms with van der Waals surface area (Å²) in [6.45, 7) is 8.33. The van der Waals surface area contributed by atoms with Crippen molar-refractivity contribution in [3.05, 3.63) is 24.0 Å². The van der Waals surface area contributed by atoms with Gasteiger partial charge in [-0.15, -0.1) is 0 Å². The molecule has 0 aliphatic rings. The lowest BCUT2D eigenvalue weighted by atomic mass is 10.00. The molecule has 0 aliphatic carbocycles. The van der Waals surface area contributed by atoms with E-state index in [0.717, 1.165) is 17.8 Å². The minimum atomic E-state index is -0.0927. The molecule has 0 radical (unpaired) electrons. The molecular formula is C13H22N2O. The highest BCUT2D eigenvalue weighted by atomic mass is 16.5. The monoisotopic (exact) mass is 222 g/mol. The Kier molecular flexibility index (Phi) is 4.30. The lowest BCUT2D eigenvalue weighted by molar-refractivity contribution is 0.0128. The average Bonchev–Trinajstić information content (AvgIpc) is 2.21. The second-order valence-corrected chi connectivity index (χ2v) is 4.90. The molecule has 0 aliphatic heterocycles. The van der Waals surface area contributed by atoms with Crippen LogP contribution in [0, 0.1) is 6.92 Å². The van der Waals surface area contributed by atoms with Gasteiger partial charge in [-0.3, -0.25) is 4.98 Å². The quantitative estimate of drug-likeness (QED) is 0.831. The Morgan fingerprint density at radius 2 is 2.12 bits per heavy atom. The van der Waals surface area contributed by atoms with Crippen LogP contribution in [0.4, 0.5) is 5.69 Å². The van der Waals surface area contributed by atoms with Crippen molar-refractivity contribution in [1.29, 1.82) is 0 Å². The molecule has 0 amide bonds. The molecule has 1 aromatic rings. The number of hydrogen-bond donors (Lipinski definition) is 1. The molecule has 16 heavy (non-hydrogen) atoms. The number of nitrogens with one attached hydrogen (secondary N) is 1. The smallest absolute Gasteiger partial charge is 0.0642 e. The first-order valence-electron chi connectivity index (χ1n) is 5.67. The fourth-order valence-electron chi connectivity index (χ4n) is 1.71. The lowest BCUT2D eigenvalue weighted by Crippen LogP contribution is -2.31. The first-order chi connectivity index (χ1) is 7.43. The highest BCUT2D eigenvalue weighted by Crippen LogP contribution is 2.18. The molecule has 1 N–H and O–H groups in total. The minimum absolute atomic E-state index is 0.0927. The first-order valence-corrected chi connectivity index (χ1v) is 5.67. The molecule has 1 rings (SSSR count). The molecule has 0 bridgehead atoms. The summed E-state index contributed by atoms with van der Waals surface area (Å²) in [6, 6.07) is 4.43. The van der Waals surface area contributed by atoms with Crippen molar-refractivity contribution in [3.8, 4) is 0 Å². The Bertz CT molecular complexity index is 319. The van der Waals surface area contributed by atoms with Gasteiger partial charge in [0.2, 0.25) is 0 Å². The van der Waals surface area contributed by atoms with Gasteiger partial charge < -0.3 is 10.1 Å². The zero-order valence-electron chi connectivity index (χ0n) is 10.9. The molecule has 3 nitrogen and oxygen atoms in total. The minimum Gasteiger partial charge on any atom is -0.381 e. The van der Waals surface area contributed by atoms with Crippen LogP contribution in [0.2, 0.25) is 0 Å². The number of anilines is 1. The summed E-state index contributed by atoms with van der Waals surface area (Å²) in [5, 5.41) is 3.42. The Balaban J connectivity index is 2.51. The van der Waals surface area contributed by atoms with E-state index in [9.17, 15) is 0 Å². The third-order valence-electron chi connectivity index (χ3n) is 2.67. The number of hydrogen-bond acceptors (Lipinski definition) is 3. The maximum Gasteiger partial charge on any atom is 0.0642 e. The molecule has 90 valence electrons. The van der Waals surface area contributed by atoms with Gasteiger partial charge in [0.05, 0.1) is 17.5 Å². The van der Waals surface area contributed by atoms with Gasteiger partial charge in [0.25, 0.3) is 0 Å². The zero-order valence-corrected chi connectivity index (χ0v) is 10.9. The molecule has 1 atom stereocenters. The standard InChI is InChI=1S/C13H22N2O/c1-10-6-7-12(9-14-10)15-11(2)8-13(3,4)16-5/h6-7,9,11,15H,8H2,1-5H3. The molecule has 0 spiro atoms. The maximum atomic E-state index is 5.41. The molecule has 1 aromatic heterocycles. The SMILES string of the molecule is COC(C)(C)CC(C)Nc1ccc(C)nc1. The highest BCUT2D eigenvalue weighted by molar-refractivity contribution is 5.41. The van der Waals surface area contributed by atoms with Gasteiger partial charge in [-0.1, -0.05) is 0 Å². The van der Waals surface area contributed by atoms with E-state index >= 15 is 0 Å². The molecule has 1 unspecified atom stereocenters. The predicted octanol–water partition coefficient (Wildman–Crippen LogP) is 3.01. The number of methoxy groups -OCH3 is 1. The topological polar surface area (TPSA) is 34.1 Å². The van der Waals surface area contributed by atoms with E-state index in [4.69, 9.17) is 4.74 Å². The molecule has 0 aromatic carbocycles. The van der Waals surface area contributed by atoms with Gasteiger partial charge in [-0.2, -0.15) is 0 Å². The Labute approximate surface area is 98.2 Å². The lowest BCUT2D eigenvalue weighted by Gasteiger charge is -2.27. The number of ether oxygens (including phenoxy) is 1.